The monoisotopic (exact) mass is 305 g/mol. The first-order chi connectivity index (χ1) is 8.74. The van der Waals surface area contributed by atoms with Gasteiger partial charge in [0.2, 0.25) is 0 Å². The molecule has 1 aromatic carbocycles. The van der Waals surface area contributed by atoms with E-state index in [1.807, 2.05) is 42.5 Å². The minimum absolute atomic E-state index is 0.00844. The largest absolute Gasteiger partial charge is 0.275 e. The highest BCUT2D eigenvalue weighted by Crippen LogP contribution is 2.11. The molecule has 0 aliphatic heterocycles. The SMILES string of the molecule is O=C(CCc1ccc(Br)cc1)N[n+]1ccccc1. The Hall–Kier alpha value is -1.68. The number of nitrogens with zero attached hydrogens (tertiary/aromatic N) is 1. The van der Waals surface area contributed by atoms with Crippen molar-refractivity contribution in [2.75, 3.05) is 5.43 Å². The number of hydrogen-bond acceptors (Lipinski definition) is 1. The number of amides is 1. The van der Waals surface area contributed by atoms with Gasteiger partial charge in [-0.05, 0) is 24.1 Å². The predicted octanol–water partition coefficient (Wildman–Crippen LogP) is 2.44. The molecule has 0 saturated carbocycles. The Bertz CT molecular complexity index is 511. The first-order valence-electron chi connectivity index (χ1n) is 5.74. The molecule has 0 bridgehead atoms. The summed E-state index contributed by atoms with van der Waals surface area (Å²) < 4.78 is 2.71. The second kappa shape index (κ2) is 6.31. The molecule has 0 spiro atoms. The van der Waals surface area contributed by atoms with Gasteiger partial charge < -0.3 is 0 Å². The maximum absolute atomic E-state index is 11.7. The van der Waals surface area contributed by atoms with E-state index in [1.165, 1.54) is 0 Å². The summed E-state index contributed by atoms with van der Waals surface area (Å²) in [4.78, 5) is 11.7. The molecule has 0 radical (unpaired) electrons. The minimum atomic E-state index is 0.00844. The van der Waals surface area contributed by atoms with Gasteiger partial charge in [-0.25, -0.2) is 0 Å². The molecule has 0 saturated heterocycles. The van der Waals surface area contributed by atoms with Crippen molar-refractivity contribution in [3.05, 3.63) is 64.9 Å². The molecule has 92 valence electrons. The molecule has 2 aromatic rings. The smallest absolute Gasteiger partial charge is 0.269 e. The van der Waals surface area contributed by atoms with Gasteiger partial charge in [0, 0.05) is 23.0 Å². The molecular formula is C14H14BrN2O+. The molecule has 1 amide bonds. The van der Waals surface area contributed by atoms with Crippen LogP contribution in [0.5, 0.6) is 0 Å². The number of carbonyl (C=O) groups is 1. The van der Waals surface area contributed by atoms with Crippen molar-refractivity contribution in [2.24, 2.45) is 0 Å². The Balaban J connectivity index is 1.83. The number of rotatable bonds is 4. The van der Waals surface area contributed by atoms with Gasteiger partial charge in [-0.2, -0.15) is 0 Å². The van der Waals surface area contributed by atoms with Crippen LogP contribution in [0.25, 0.3) is 0 Å². The van der Waals surface area contributed by atoms with Gasteiger partial charge in [-0.15, -0.1) is 5.43 Å². The Labute approximate surface area is 115 Å². The van der Waals surface area contributed by atoms with Crippen molar-refractivity contribution in [3.63, 3.8) is 0 Å². The first kappa shape index (κ1) is 12.8. The molecule has 2 rings (SSSR count). The summed E-state index contributed by atoms with van der Waals surface area (Å²) in [5.74, 6) is 0.00844. The average molecular weight is 306 g/mol. The molecule has 0 atom stereocenters. The number of carbonyl (C=O) groups excluding carboxylic acids is 1. The molecular weight excluding hydrogens is 292 g/mol. The van der Waals surface area contributed by atoms with Crippen LogP contribution < -0.4 is 10.1 Å². The molecule has 1 heterocycles. The van der Waals surface area contributed by atoms with Crippen molar-refractivity contribution < 1.29 is 9.47 Å². The molecule has 0 fully saturated rings. The van der Waals surface area contributed by atoms with Gasteiger partial charge >= 0.3 is 0 Å². The third-order valence-corrected chi connectivity index (χ3v) is 3.05. The number of hydrogen-bond donors (Lipinski definition) is 1. The van der Waals surface area contributed by atoms with Crippen molar-refractivity contribution >= 4 is 21.8 Å². The van der Waals surface area contributed by atoms with Crippen LogP contribution in [0.15, 0.2) is 59.3 Å². The predicted molar refractivity (Wildman–Crippen MR) is 73.5 cm³/mol. The van der Waals surface area contributed by atoms with Crippen LogP contribution in [-0.4, -0.2) is 5.91 Å². The summed E-state index contributed by atoms with van der Waals surface area (Å²) in [6, 6.07) is 13.7. The van der Waals surface area contributed by atoms with Crippen LogP contribution >= 0.6 is 15.9 Å². The van der Waals surface area contributed by atoms with Gasteiger partial charge in [-0.3, -0.25) is 4.79 Å². The Morgan fingerprint density at radius 2 is 1.78 bits per heavy atom. The van der Waals surface area contributed by atoms with E-state index in [4.69, 9.17) is 0 Å². The fourth-order valence-corrected chi connectivity index (χ4v) is 1.85. The molecule has 4 heteroatoms. The lowest BCUT2D eigenvalue weighted by Crippen LogP contribution is -2.47. The highest BCUT2D eigenvalue weighted by atomic mass is 79.9. The number of pyridine rings is 1. The number of nitrogens with one attached hydrogen (secondary N) is 1. The second-order valence-corrected chi connectivity index (χ2v) is 4.86. The number of halogens is 1. The van der Waals surface area contributed by atoms with Crippen molar-refractivity contribution in [1.82, 2.24) is 0 Å². The van der Waals surface area contributed by atoms with Crippen molar-refractivity contribution in [1.29, 1.82) is 0 Å². The van der Waals surface area contributed by atoms with Gasteiger partial charge in [0.1, 0.15) is 0 Å². The van der Waals surface area contributed by atoms with Crippen molar-refractivity contribution in [3.8, 4) is 0 Å². The number of aryl methyl sites for hydroxylation is 1. The fraction of sp³-hybridized carbons (Fsp3) is 0.143. The van der Waals surface area contributed by atoms with E-state index in [0.29, 0.717) is 6.42 Å². The average Bonchev–Trinajstić information content (AvgIpc) is 2.39. The van der Waals surface area contributed by atoms with Crippen LogP contribution in [-0.2, 0) is 11.2 Å². The summed E-state index contributed by atoms with van der Waals surface area (Å²) in [7, 11) is 0. The fourth-order valence-electron chi connectivity index (χ4n) is 1.58. The van der Waals surface area contributed by atoms with E-state index < -0.39 is 0 Å². The highest BCUT2D eigenvalue weighted by Gasteiger charge is 2.06. The summed E-state index contributed by atoms with van der Waals surface area (Å²) in [5, 5.41) is 0. The summed E-state index contributed by atoms with van der Waals surface area (Å²) in [5.41, 5.74) is 3.95. The maximum atomic E-state index is 11.7. The van der Waals surface area contributed by atoms with E-state index in [0.717, 1.165) is 16.5 Å². The van der Waals surface area contributed by atoms with Crippen LogP contribution in [0.2, 0.25) is 0 Å². The third kappa shape index (κ3) is 3.96. The second-order valence-electron chi connectivity index (χ2n) is 3.94. The van der Waals surface area contributed by atoms with Crippen LogP contribution in [0.1, 0.15) is 12.0 Å². The Morgan fingerprint density at radius 3 is 2.44 bits per heavy atom. The maximum Gasteiger partial charge on any atom is 0.275 e. The zero-order valence-corrected chi connectivity index (χ0v) is 11.4. The number of aromatic nitrogens is 1. The molecule has 3 nitrogen and oxygen atoms in total. The zero-order chi connectivity index (χ0) is 12.8. The van der Waals surface area contributed by atoms with Crippen LogP contribution in [0.3, 0.4) is 0 Å². The Morgan fingerprint density at radius 1 is 1.11 bits per heavy atom. The van der Waals surface area contributed by atoms with Gasteiger partial charge in [0.25, 0.3) is 5.91 Å². The quantitative estimate of drug-likeness (QED) is 0.865. The number of benzene rings is 1. The topological polar surface area (TPSA) is 33.0 Å². The highest BCUT2D eigenvalue weighted by molar-refractivity contribution is 9.10. The molecule has 18 heavy (non-hydrogen) atoms. The van der Waals surface area contributed by atoms with E-state index in [2.05, 4.69) is 21.4 Å². The molecule has 0 aliphatic carbocycles. The minimum Gasteiger partial charge on any atom is -0.269 e. The molecule has 1 N–H and O–H groups in total. The van der Waals surface area contributed by atoms with Gasteiger partial charge in [0.05, 0.1) is 0 Å². The lowest BCUT2D eigenvalue weighted by atomic mass is 10.1. The van der Waals surface area contributed by atoms with Crippen LogP contribution in [0.4, 0.5) is 0 Å². The standard InChI is InChI=1S/C14H13BrN2O/c15-13-7-4-12(5-8-13)6-9-14(18)16-17-10-2-1-3-11-17/h1-5,7-8,10-11H,6,9H2/p+1. The molecule has 0 aliphatic rings. The van der Waals surface area contributed by atoms with Gasteiger partial charge in [-0.1, -0.05) is 38.8 Å². The third-order valence-electron chi connectivity index (χ3n) is 2.52. The molecule has 1 aromatic heterocycles. The summed E-state index contributed by atoms with van der Waals surface area (Å²) in [6.07, 6.45) is 4.82. The van der Waals surface area contributed by atoms with Crippen molar-refractivity contribution in [2.45, 2.75) is 12.8 Å². The first-order valence-corrected chi connectivity index (χ1v) is 6.54. The summed E-state index contributed by atoms with van der Waals surface area (Å²) >= 11 is 3.39. The van der Waals surface area contributed by atoms with Gasteiger partial charge in [0.15, 0.2) is 12.4 Å². The van der Waals surface area contributed by atoms with Crippen LogP contribution in [0, 0.1) is 0 Å². The van der Waals surface area contributed by atoms with E-state index in [9.17, 15) is 4.79 Å². The lowest BCUT2D eigenvalue weighted by molar-refractivity contribution is -0.642. The zero-order valence-electron chi connectivity index (χ0n) is 9.84. The lowest BCUT2D eigenvalue weighted by Gasteiger charge is -2.01. The normalized spacial score (nSPS) is 10.1. The van der Waals surface area contributed by atoms with E-state index in [1.54, 1.807) is 17.1 Å². The van der Waals surface area contributed by atoms with E-state index >= 15 is 0 Å². The van der Waals surface area contributed by atoms with E-state index in [-0.39, 0.29) is 5.91 Å². The Kier molecular flexibility index (Phi) is 4.47. The summed E-state index contributed by atoms with van der Waals surface area (Å²) in [6.45, 7) is 0. The molecule has 0 unspecified atom stereocenters.